The molecule has 2 aromatic heterocycles. The average Bonchev–Trinajstić information content (AvgIpc) is 3.50. The number of nitrogens with one attached hydrogen (secondary N) is 1. The first kappa shape index (κ1) is 25.7. The maximum absolute atomic E-state index is 15.2. The molecule has 4 heterocycles. The van der Waals surface area contributed by atoms with Gasteiger partial charge in [0.05, 0.1) is 53.6 Å². The number of aromatic nitrogens is 2. The molecule has 3 aromatic rings. The lowest BCUT2D eigenvalue weighted by atomic mass is 10.1. The number of fused-ring (bicyclic) bond motifs is 1. The van der Waals surface area contributed by atoms with Crippen LogP contribution in [0.25, 0.3) is 10.9 Å². The lowest BCUT2D eigenvalue weighted by Gasteiger charge is -2.37. The summed E-state index contributed by atoms with van der Waals surface area (Å²) in [4.78, 5) is 28.4. The summed E-state index contributed by atoms with van der Waals surface area (Å²) in [5.74, 6) is -0.259. The fourth-order valence-electron chi connectivity index (χ4n) is 6.06. The molecular formula is C29H34F2N6O2. The SMILES string of the molecule is Cc1c(N2CCN(C(=O)C3CCCC3)CC2)nc2cc(F)cc(F)c2c1Nc1cncc(N2CCOCC2)c1. The van der Waals surface area contributed by atoms with Crippen LogP contribution in [0.4, 0.5) is 31.7 Å². The molecule has 0 unspecified atom stereocenters. The van der Waals surface area contributed by atoms with Crippen LogP contribution in [0.3, 0.4) is 0 Å². The van der Waals surface area contributed by atoms with Crippen molar-refractivity contribution in [3.63, 3.8) is 0 Å². The smallest absolute Gasteiger partial charge is 0.225 e. The topological polar surface area (TPSA) is 73.8 Å². The number of amides is 1. The van der Waals surface area contributed by atoms with Gasteiger partial charge in [-0.2, -0.15) is 0 Å². The second-order valence-electron chi connectivity index (χ2n) is 10.7. The Morgan fingerprint density at radius 2 is 1.72 bits per heavy atom. The molecule has 0 atom stereocenters. The Hall–Kier alpha value is -3.53. The van der Waals surface area contributed by atoms with Gasteiger partial charge in [0.25, 0.3) is 0 Å². The zero-order valence-corrected chi connectivity index (χ0v) is 22.3. The first-order chi connectivity index (χ1) is 19.0. The first-order valence-electron chi connectivity index (χ1n) is 13.9. The van der Waals surface area contributed by atoms with Gasteiger partial charge in [0.2, 0.25) is 5.91 Å². The van der Waals surface area contributed by atoms with Crippen molar-refractivity contribution in [3.05, 3.63) is 47.8 Å². The average molecular weight is 537 g/mol. The molecule has 3 fully saturated rings. The van der Waals surface area contributed by atoms with Crippen LogP contribution >= 0.6 is 0 Å². The van der Waals surface area contributed by atoms with Gasteiger partial charge >= 0.3 is 0 Å². The van der Waals surface area contributed by atoms with Crippen molar-refractivity contribution in [2.75, 3.05) is 67.6 Å². The van der Waals surface area contributed by atoms with E-state index in [9.17, 15) is 9.18 Å². The molecule has 3 aliphatic rings. The van der Waals surface area contributed by atoms with Crippen molar-refractivity contribution in [1.82, 2.24) is 14.9 Å². The standard InChI is InChI=1S/C29H34F2N6O2/c1-19-27(33-22-16-23(18-32-17-22)35-10-12-39-13-11-35)26-24(31)14-21(30)15-25(26)34-28(19)36-6-8-37(9-7-36)29(38)20-4-2-3-5-20/h14-18,20H,2-13H2,1H3,(H,33,34). The maximum atomic E-state index is 15.2. The molecule has 2 saturated heterocycles. The van der Waals surface area contributed by atoms with Crippen molar-refractivity contribution in [3.8, 4) is 0 Å². The maximum Gasteiger partial charge on any atom is 0.225 e. The Bertz CT molecular complexity index is 1370. The zero-order chi connectivity index (χ0) is 26.9. The molecule has 1 saturated carbocycles. The predicted molar refractivity (Wildman–Crippen MR) is 148 cm³/mol. The Kier molecular flexibility index (Phi) is 7.20. The summed E-state index contributed by atoms with van der Waals surface area (Å²) in [5, 5.41) is 3.62. The number of rotatable bonds is 5. The van der Waals surface area contributed by atoms with Gasteiger partial charge in [0.1, 0.15) is 17.5 Å². The minimum absolute atomic E-state index is 0.153. The van der Waals surface area contributed by atoms with E-state index >= 15 is 4.39 Å². The third-order valence-corrected chi connectivity index (χ3v) is 8.19. The van der Waals surface area contributed by atoms with E-state index in [1.54, 1.807) is 6.20 Å². The molecule has 8 nitrogen and oxygen atoms in total. The number of carbonyl (C=O) groups is 1. The van der Waals surface area contributed by atoms with E-state index in [4.69, 9.17) is 9.72 Å². The summed E-state index contributed by atoms with van der Waals surface area (Å²) >= 11 is 0. The summed E-state index contributed by atoms with van der Waals surface area (Å²) < 4.78 is 35.0. The van der Waals surface area contributed by atoms with E-state index in [2.05, 4.69) is 20.1 Å². The summed E-state index contributed by atoms with van der Waals surface area (Å²) in [5.41, 5.74) is 3.21. The molecule has 1 N–H and O–H groups in total. The lowest BCUT2D eigenvalue weighted by molar-refractivity contribution is -0.135. The van der Waals surface area contributed by atoms with Crippen LogP contribution in [0, 0.1) is 24.5 Å². The van der Waals surface area contributed by atoms with E-state index in [0.29, 0.717) is 56.6 Å². The van der Waals surface area contributed by atoms with Gasteiger partial charge in [-0.05, 0) is 25.8 Å². The highest BCUT2D eigenvalue weighted by Crippen LogP contribution is 2.37. The monoisotopic (exact) mass is 536 g/mol. The predicted octanol–water partition coefficient (Wildman–Crippen LogP) is 4.64. The Morgan fingerprint density at radius 3 is 2.46 bits per heavy atom. The molecule has 0 radical (unpaired) electrons. The summed E-state index contributed by atoms with van der Waals surface area (Å²) in [6.07, 6.45) is 7.73. The fourth-order valence-corrected chi connectivity index (χ4v) is 6.06. The lowest BCUT2D eigenvalue weighted by Crippen LogP contribution is -2.50. The van der Waals surface area contributed by atoms with Crippen molar-refractivity contribution in [1.29, 1.82) is 0 Å². The van der Waals surface area contributed by atoms with Crippen LogP contribution in [0.2, 0.25) is 0 Å². The second-order valence-corrected chi connectivity index (χ2v) is 10.7. The molecule has 1 aromatic carbocycles. The summed E-state index contributed by atoms with van der Waals surface area (Å²) in [7, 11) is 0. The van der Waals surface area contributed by atoms with E-state index in [-0.39, 0.29) is 22.7 Å². The number of morpholine rings is 1. The third kappa shape index (κ3) is 5.22. The number of hydrogen-bond donors (Lipinski definition) is 1. The number of carbonyl (C=O) groups excluding carboxylic acids is 1. The molecule has 1 aliphatic carbocycles. The molecule has 0 bridgehead atoms. The van der Waals surface area contributed by atoms with E-state index in [0.717, 1.165) is 56.1 Å². The highest BCUT2D eigenvalue weighted by Gasteiger charge is 2.30. The van der Waals surface area contributed by atoms with Gasteiger partial charge in [-0.1, -0.05) is 12.8 Å². The fraction of sp³-hybridized carbons (Fsp3) is 0.483. The van der Waals surface area contributed by atoms with Crippen LogP contribution in [0.1, 0.15) is 31.2 Å². The Balaban J connectivity index is 1.31. The Morgan fingerprint density at radius 1 is 0.974 bits per heavy atom. The molecule has 1 amide bonds. The summed E-state index contributed by atoms with van der Waals surface area (Å²) in [6.45, 7) is 7.22. The van der Waals surface area contributed by atoms with Crippen LogP contribution in [-0.2, 0) is 9.53 Å². The molecule has 206 valence electrons. The quantitative estimate of drug-likeness (QED) is 0.510. The van der Waals surface area contributed by atoms with Crippen molar-refractivity contribution < 1.29 is 18.3 Å². The van der Waals surface area contributed by atoms with Gasteiger partial charge in [-0.25, -0.2) is 13.8 Å². The number of ether oxygens (including phenoxy) is 1. The molecule has 2 aliphatic heterocycles. The molecule has 0 spiro atoms. The highest BCUT2D eigenvalue weighted by atomic mass is 19.1. The molecule has 39 heavy (non-hydrogen) atoms. The van der Waals surface area contributed by atoms with Gasteiger partial charge < -0.3 is 24.8 Å². The highest BCUT2D eigenvalue weighted by molar-refractivity contribution is 5.98. The van der Waals surface area contributed by atoms with Crippen molar-refractivity contribution in [2.24, 2.45) is 5.92 Å². The number of nitrogens with zero attached hydrogens (tertiary/aromatic N) is 5. The zero-order valence-electron chi connectivity index (χ0n) is 22.3. The van der Waals surface area contributed by atoms with E-state index in [1.807, 2.05) is 24.1 Å². The van der Waals surface area contributed by atoms with Gasteiger partial charge in [0.15, 0.2) is 0 Å². The minimum atomic E-state index is -0.670. The first-order valence-corrected chi connectivity index (χ1v) is 13.9. The van der Waals surface area contributed by atoms with E-state index < -0.39 is 11.6 Å². The minimum Gasteiger partial charge on any atom is -0.378 e. The Labute approximate surface area is 227 Å². The number of piperazine rings is 1. The van der Waals surface area contributed by atoms with Crippen molar-refractivity contribution >= 4 is 39.7 Å². The van der Waals surface area contributed by atoms with Gasteiger partial charge in [-0.15, -0.1) is 0 Å². The number of halogens is 2. The van der Waals surface area contributed by atoms with E-state index in [1.165, 1.54) is 6.07 Å². The number of pyridine rings is 2. The van der Waals surface area contributed by atoms with Crippen LogP contribution in [-0.4, -0.2) is 73.3 Å². The molecule has 10 heteroatoms. The second kappa shape index (κ2) is 10.9. The normalized spacial score (nSPS) is 18.7. The number of benzene rings is 1. The van der Waals surface area contributed by atoms with Gasteiger partial charge in [-0.3, -0.25) is 9.78 Å². The molecule has 6 rings (SSSR count). The van der Waals surface area contributed by atoms with Crippen molar-refractivity contribution in [2.45, 2.75) is 32.6 Å². The van der Waals surface area contributed by atoms with Crippen LogP contribution in [0.5, 0.6) is 0 Å². The summed E-state index contributed by atoms with van der Waals surface area (Å²) in [6, 6.07) is 4.15. The van der Waals surface area contributed by atoms with Crippen LogP contribution < -0.4 is 15.1 Å². The largest absolute Gasteiger partial charge is 0.378 e. The molecular weight excluding hydrogens is 502 g/mol. The van der Waals surface area contributed by atoms with Crippen LogP contribution in [0.15, 0.2) is 30.6 Å². The third-order valence-electron chi connectivity index (χ3n) is 8.19. The number of anilines is 4. The van der Waals surface area contributed by atoms with Gasteiger partial charge in [0, 0.05) is 62.9 Å². The number of hydrogen-bond acceptors (Lipinski definition) is 7.